The van der Waals surface area contributed by atoms with Gasteiger partial charge in [-0.3, -0.25) is 9.59 Å². The average molecular weight is 306 g/mol. The summed E-state index contributed by atoms with van der Waals surface area (Å²) < 4.78 is 15.0. The number of nitrogens with zero attached hydrogens (tertiary/aromatic N) is 1. The number of ether oxygens (including phenoxy) is 2. The maximum absolute atomic E-state index is 11.9. The monoisotopic (exact) mass is 306 g/mol. The van der Waals surface area contributed by atoms with Gasteiger partial charge in [0.2, 0.25) is 0 Å². The Bertz CT molecular complexity index is 652. The lowest BCUT2D eigenvalue weighted by molar-refractivity contribution is -0.154. The summed E-state index contributed by atoms with van der Waals surface area (Å²) in [5.74, 6) is -0.899. The van der Waals surface area contributed by atoms with Crippen molar-refractivity contribution >= 4 is 22.8 Å². The van der Waals surface area contributed by atoms with Crippen molar-refractivity contribution < 1.29 is 23.6 Å². The van der Waals surface area contributed by atoms with Crippen LogP contribution in [0.5, 0.6) is 0 Å². The van der Waals surface area contributed by atoms with Crippen LogP contribution in [0.1, 0.15) is 12.6 Å². The highest BCUT2D eigenvalue weighted by molar-refractivity contribution is 5.86. The Balaban J connectivity index is 1.88. The predicted octanol–water partition coefficient (Wildman–Crippen LogP) is 1.06. The number of fused-ring (bicyclic) bond motifs is 1. The van der Waals surface area contributed by atoms with Crippen molar-refractivity contribution in [3.8, 4) is 0 Å². The lowest BCUT2D eigenvalue weighted by Crippen LogP contribution is -2.37. The zero-order valence-electron chi connectivity index (χ0n) is 12.5. The number of carbonyl (C=O) groups excluding carboxylic acids is 2. The van der Waals surface area contributed by atoms with E-state index in [1.807, 2.05) is 18.2 Å². The third-order valence-corrected chi connectivity index (χ3v) is 3.05. The third-order valence-electron chi connectivity index (χ3n) is 3.05. The zero-order chi connectivity index (χ0) is 15.9. The van der Waals surface area contributed by atoms with Crippen LogP contribution in [0.15, 0.2) is 28.8 Å². The molecule has 0 spiro atoms. The Hall–Kier alpha value is -2.41. The number of carbonyl (C=O) groups is 2. The van der Waals surface area contributed by atoms with Gasteiger partial charge >= 0.3 is 5.97 Å². The number of benzene rings is 1. The molecule has 118 valence electrons. The summed E-state index contributed by atoms with van der Waals surface area (Å²) in [5, 5.41) is 7.22. The van der Waals surface area contributed by atoms with Gasteiger partial charge in [0.1, 0.15) is 5.69 Å². The van der Waals surface area contributed by atoms with Gasteiger partial charge in [-0.15, -0.1) is 0 Å². The Morgan fingerprint density at radius 1 is 1.36 bits per heavy atom. The van der Waals surface area contributed by atoms with Crippen LogP contribution in [0.4, 0.5) is 0 Å². The fourth-order valence-corrected chi connectivity index (χ4v) is 1.91. The normalized spacial score (nSPS) is 12.1. The molecule has 0 aliphatic carbocycles. The van der Waals surface area contributed by atoms with Gasteiger partial charge in [0, 0.05) is 19.0 Å². The number of amides is 1. The van der Waals surface area contributed by atoms with Crippen molar-refractivity contribution in [3.05, 3.63) is 30.0 Å². The van der Waals surface area contributed by atoms with Crippen LogP contribution in [-0.4, -0.2) is 43.4 Å². The fraction of sp³-hybridized carbons (Fsp3) is 0.400. The van der Waals surface area contributed by atoms with Crippen molar-refractivity contribution in [2.45, 2.75) is 19.4 Å². The number of para-hydroxylation sites is 1. The second-order valence-electron chi connectivity index (χ2n) is 4.72. The van der Waals surface area contributed by atoms with Gasteiger partial charge in [0.25, 0.3) is 5.91 Å². The van der Waals surface area contributed by atoms with Gasteiger partial charge in [0.05, 0.1) is 13.0 Å². The summed E-state index contributed by atoms with van der Waals surface area (Å²) in [7, 11) is 1.54. The van der Waals surface area contributed by atoms with E-state index in [0.717, 1.165) is 5.39 Å². The molecule has 0 bridgehead atoms. The molecule has 1 amide bonds. The minimum absolute atomic E-state index is 0.0489. The first-order valence-electron chi connectivity index (χ1n) is 6.91. The number of esters is 1. The number of methoxy groups -OCH3 is 1. The van der Waals surface area contributed by atoms with Gasteiger partial charge in [-0.25, -0.2) is 0 Å². The topological polar surface area (TPSA) is 90.7 Å². The summed E-state index contributed by atoms with van der Waals surface area (Å²) >= 11 is 0. The van der Waals surface area contributed by atoms with E-state index in [9.17, 15) is 9.59 Å². The minimum atomic E-state index is -0.873. The first-order valence-corrected chi connectivity index (χ1v) is 6.91. The van der Waals surface area contributed by atoms with Gasteiger partial charge in [-0.1, -0.05) is 17.3 Å². The molecule has 1 heterocycles. The van der Waals surface area contributed by atoms with E-state index in [1.54, 1.807) is 6.07 Å². The highest BCUT2D eigenvalue weighted by Crippen LogP contribution is 2.18. The van der Waals surface area contributed by atoms with E-state index in [4.69, 9.17) is 14.0 Å². The summed E-state index contributed by atoms with van der Waals surface area (Å²) in [5.41, 5.74) is 1.10. The molecule has 1 atom stereocenters. The van der Waals surface area contributed by atoms with E-state index in [0.29, 0.717) is 24.4 Å². The molecule has 1 aromatic carbocycles. The Morgan fingerprint density at radius 3 is 2.91 bits per heavy atom. The highest BCUT2D eigenvalue weighted by Gasteiger charge is 2.19. The standard InChI is InChI=1S/C15H18N2O5/c1-10(15(19)16-7-8-20-2)21-14(18)9-12-11-5-3-4-6-13(11)22-17-12/h3-6,10H,7-9H2,1-2H3,(H,16,19)/t10-/m0/s1. The molecule has 1 N–H and O–H groups in total. The number of aromatic nitrogens is 1. The van der Waals surface area contributed by atoms with E-state index in [2.05, 4.69) is 10.5 Å². The van der Waals surface area contributed by atoms with Crippen molar-refractivity contribution in [2.24, 2.45) is 0 Å². The van der Waals surface area contributed by atoms with Crippen LogP contribution >= 0.6 is 0 Å². The van der Waals surface area contributed by atoms with Crippen molar-refractivity contribution in [3.63, 3.8) is 0 Å². The maximum atomic E-state index is 11.9. The number of nitrogens with one attached hydrogen (secondary N) is 1. The highest BCUT2D eigenvalue weighted by atomic mass is 16.5. The van der Waals surface area contributed by atoms with Crippen LogP contribution in [0.3, 0.4) is 0 Å². The molecular weight excluding hydrogens is 288 g/mol. The number of hydrogen-bond acceptors (Lipinski definition) is 6. The third kappa shape index (κ3) is 4.05. The second kappa shape index (κ2) is 7.56. The molecule has 0 radical (unpaired) electrons. The molecule has 2 aromatic rings. The SMILES string of the molecule is COCCNC(=O)[C@H](C)OC(=O)Cc1noc2ccccc12. The van der Waals surface area contributed by atoms with Gasteiger partial charge < -0.3 is 19.3 Å². The van der Waals surface area contributed by atoms with E-state index < -0.39 is 12.1 Å². The summed E-state index contributed by atoms with van der Waals surface area (Å²) in [6, 6.07) is 7.24. The smallest absolute Gasteiger partial charge is 0.312 e. The Kier molecular flexibility index (Phi) is 5.48. The molecule has 7 nitrogen and oxygen atoms in total. The van der Waals surface area contributed by atoms with E-state index in [-0.39, 0.29) is 12.3 Å². The average Bonchev–Trinajstić information content (AvgIpc) is 2.90. The molecule has 0 aliphatic rings. The van der Waals surface area contributed by atoms with Gasteiger partial charge in [-0.05, 0) is 19.1 Å². The lowest BCUT2D eigenvalue weighted by Gasteiger charge is -2.12. The van der Waals surface area contributed by atoms with Crippen LogP contribution in [0.25, 0.3) is 11.0 Å². The molecule has 1 aromatic heterocycles. The van der Waals surface area contributed by atoms with E-state index >= 15 is 0 Å². The summed E-state index contributed by atoms with van der Waals surface area (Å²) in [4.78, 5) is 23.6. The molecule has 0 unspecified atom stereocenters. The zero-order valence-corrected chi connectivity index (χ0v) is 12.5. The van der Waals surface area contributed by atoms with Crippen molar-refractivity contribution in [1.29, 1.82) is 0 Å². The predicted molar refractivity (Wildman–Crippen MR) is 78.2 cm³/mol. The fourth-order valence-electron chi connectivity index (χ4n) is 1.91. The minimum Gasteiger partial charge on any atom is -0.452 e. The molecule has 0 saturated heterocycles. The van der Waals surface area contributed by atoms with Crippen LogP contribution in [0.2, 0.25) is 0 Å². The number of rotatable bonds is 7. The lowest BCUT2D eigenvalue weighted by atomic mass is 10.2. The molecule has 0 saturated carbocycles. The maximum Gasteiger partial charge on any atom is 0.312 e. The van der Waals surface area contributed by atoms with Crippen LogP contribution in [0, 0.1) is 0 Å². The van der Waals surface area contributed by atoms with Crippen molar-refractivity contribution in [2.75, 3.05) is 20.3 Å². The second-order valence-corrected chi connectivity index (χ2v) is 4.72. The quantitative estimate of drug-likeness (QED) is 0.607. The molecular formula is C15H18N2O5. The van der Waals surface area contributed by atoms with Crippen LogP contribution < -0.4 is 5.32 Å². The first-order chi connectivity index (χ1) is 10.6. The summed E-state index contributed by atoms with van der Waals surface area (Å²) in [6.07, 6.45) is -0.922. The molecule has 22 heavy (non-hydrogen) atoms. The van der Waals surface area contributed by atoms with Crippen molar-refractivity contribution in [1.82, 2.24) is 10.5 Å². The molecule has 2 rings (SSSR count). The van der Waals surface area contributed by atoms with Gasteiger partial charge in [0.15, 0.2) is 11.7 Å². The largest absolute Gasteiger partial charge is 0.452 e. The molecule has 0 aliphatic heterocycles. The molecule has 7 heteroatoms. The number of hydrogen-bond donors (Lipinski definition) is 1. The molecule has 0 fully saturated rings. The van der Waals surface area contributed by atoms with Gasteiger partial charge in [-0.2, -0.15) is 0 Å². The van der Waals surface area contributed by atoms with Crippen LogP contribution in [-0.2, 0) is 25.5 Å². The Labute approximate surface area is 127 Å². The summed E-state index contributed by atoms with van der Waals surface area (Å²) in [6.45, 7) is 2.28. The Morgan fingerprint density at radius 2 is 2.14 bits per heavy atom. The van der Waals surface area contributed by atoms with E-state index in [1.165, 1.54) is 14.0 Å². The first kappa shape index (κ1) is 16.0.